The van der Waals surface area contributed by atoms with Gasteiger partial charge in [0.05, 0.1) is 5.75 Å². The molecule has 0 unspecified atom stereocenters. The molecule has 0 aromatic heterocycles. The Balaban J connectivity index is 4.63. The fraction of sp³-hybridized carbons (Fsp3) is 0.909. The van der Waals surface area contributed by atoms with Gasteiger partial charge in [-0.25, -0.2) is 8.42 Å². The molecule has 0 aromatic rings. The van der Waals surface area contributed by atoms with Crippen molar-refractivity contribution in [3.63, 3.8) is 0 Å². The summed E-state index contributed by atoms with van der Waals surface area (Å²) in [5, 5.41) is 8.43. The fourth-order valence-corrected chi connectivity index (χ4v) is 3.06. The molecule has 0 aromatic carbocycles. The van der Waals surface area contributed by atoms with E-state index >= 15 is 0 Å². The Morgan fingerprint density at radius 2 is 1.90 bits per heavy atom. The number of rotatable bonds is 11. The second-order valence-corrected chi connectivity index (χ2v) is 6.40. The van der Waals surface area contributed by atoms with E-state index in [9.17, 15) is 26.4 Å². The van der Waals surface area contributed by atoms with Gasteiger partial charge in [0.1, 0.15) is 6.54 Å². The SMILES string of the molecule is CCOCCCN(CC(F)(F)F)S(=O)(=O)CCCC(=O)O. The fourth-order valence-electron chi connectivity index (χ4n) is 1.54. The van der Waals surface area contributed by atoms with Gasteiger partial charge in [-0.05, 0) is 19.8 Å². The second-order valence-electron chi connectivity index (χ2n) is 4.31. The van der Waals surface area contributed by atoms with E-state index in [1.807, 2.05) is 0 Å². The number of carboxylic acids is 1. The molecule has 0 heterocycles. The maximum atomic E-state index is 12.4. The van der Waals surface area contributed by atoms with Crippen molar-refractivity contribution in [2.75, 3.05) is 32.1 Å². The summed E-state index contributed by atoms with van der Waals surface area (Å²) in [5.41, 5.74) is 0. The van der Waals surface area contributed by atoms with Gasteiger partial charge in [0.2, 0.25) is 10.0 Å². The topological polar surface area (TPSA) is 83.9 Å². The van der Waals surface area contributed by atoms with Gasteiger partial charge in [-0.2, -0.15) is 17.5 Å². The van der Waals surface area contributed by atoms with Crippen LogP contribution in [0.3, 0.4) is 0 Å². The zero-order chi connectivity index (χ0) is 16.5. The van der Waals surface area contributed by atoms with Crippen LogP contribution in [-0.4, -0.2) is 62.0 Å². The molecule has 0 aliphatic carbocycles. The summed E-state index contributed by atoms with van der Waals surface area (Å²) in [6, 6.07) is 0. The molecular weight excluding hydrogens is 315 g/mol. The van der Waals surface area contributed by atoms with Crippen LogP contribution in [0.15, 0.2) is 0 Å². The van der Waals surface area contributed by atoms with Gasteiger partial charge in [0.25, 0.3) is 0 Å². The van der Waals surface area contributed by atoms with E-state index in [-0.39, 0.29) is 26.0 Å². The monoisotopic (exact) mass is 335 g/mol. The highest BCUT2D eigenvalue weighted by Crippen LogP contribution is 2.19. The van der Waals surface area contributed by atoms with Crippen LogP contribution in [0.4, 0.5) is 13.2 Å². The maximum Gasteiger partial charge on any atom is 0.402 e. The molecule has 0 atom stereocenters. The van der Waals surface area contributed by atoms with Gasteiger partial charge in [-0.3, -0.25) is 4.79 Å². The molecule has 0 rings (SSSR count). The van der Waals surface area contributed by atoms with Crippen LogP contribution < -0.4 is 0 Å². The van der Waals surface area contributed by atoms with Crippen molar-refractivity contribution in [2.24, 2.45) is 0 Å². The molecule has 0 saturated carbocycles. The summed E-state index contributed by atoms with van der Waals surface area (Å²) in [7, 11) is -4.14. The Kier molecular flexibility index (Phi) is 8.83. The van der Waals surface area contributed by atoms with Crippen molar-refractivity contribution >= 4 is 16.0 Å². The van der Waals surface area contributed by atoms with Crippen molar-refractivity contribution in [2.45, 2.75) is 32.4 Å². The van der Waals surface area contributed by atoms with Crippen molar-refractivity contribution in [1.82, 2.24) is 4.31 Å². The van der Waals surface area contributed by atoms with Crippen LogP contribution in [0.25, 0.3) is 0 Å². The summed E-state index contributed by atoms with van der Waals surface area (Å²) in [4.78, 5) is 10.3. The lowest BCUT2D eigenvalue weighted by atomic mass is 10.3. The van der Waals surface area contributed by atoms with Crippen LogP contribution in [0.1, 0.15) is 26.2 Å². The number of carboxylic acid groups (broad SMARTS) is 1. The van der Waals surface area contributed by atoms with Crippen LogP contribution in [0, 0.1) is 0 Å². The molecule has 126 valence electrons. The lowest BCUT2D eigenvalue weighted by molar-refractivity contribution is -0.138. The van der Waals surface area contributed by atoms with E-state index in [1.165, 1.54) is 0 Å². The Morgan fingerprint density at radius 3 is 2.38 bits per heavy atom. The van der Waals surface area contributed by atoms with E-state index < -0.39 is 40.9 Å². The number of alkyl halides is 3. The third-order valence-electron chi connectivity index (χ3n) is 2.44. The quantitative estimate of drug-likeness (QED) is 0.578. The van der Waals surface area contributed by atoms with Gasteiger partial charge in [0, 0.05) is 26.2 Å². The summed E-state index contributed by atoms with van der Waals surface area (Å²) < 4.78 is 66.3. The lowest BCUT2D eigenvalue weighted by Crippen LogP contribution is -2.41. The standard InChI is InChI=1S/C11H20F3NO5S/c1-2-20-7-4-6-15(9-11(12,13)14)21(18,19)8-3-5-10(16)17/h2-9H2,1H3,(H,16,17). The third kappa shape index (κ3) is 10.5. The highest BCUT2D eigenvalue weighted by atomic mass is 32.2. The Bertz CT molecular complexity index is 411. The van der Waals surface area contributed by atoms with E-state index in [0.717, 1.165) is 0 Å². The number of nitrogens with zero attached hydrogens (tertiary/aromatic N) is 1. The van der Waals surface area contributed by atoms with Crippen molar-refractivity contribution < 1.29 is 36.2 Å². The molecule has 21 heavy (non-hydrogen) atoms. The predicted molar refractivity (Wildman–Crippen MR) is 69.4 cm³/mol. The number of aliphatic carboxylic acids is 1. The van der Waals surface area contributed by atoms with Crippen molar-refractivity contribution in [3.8, 4) is 0 Å². The van der Waals surface area contributed by atoms with Gasteiger partial charge in [0.15, 0.2) is 0 Å². The minimum absolute atomic E-state index is 0.141. The third-order valence-corrected chi connectivity index (χ3v) is 4.35. The second kappa shape index (κ2) is 9.21. The molecule has 0 aliphatic heterocycles. The van der Waals surface area contributed by atoms with Gasteiger partial charge in [-0.15, -0.1) is 0 Å². The first-order valence-electron chi connectivity index (χ1n) is 6.42. The zero-order valence-electron chi connectivity index (χ0n) is 11.7. The van der Waals surface area contributed by atoms with E-state index in [4.69, 9.17) is 9.84 Å². The largest absolute Gasteiger partial charge is 0.481 e. The maximum absolute atomic E-state index is 12.4. The number of sulfonamides is 1. The zero-order valence-corrected chi connectivity index (χ0v) is 12.5. The van der Waals surface area contributed by atoms with Gasteiger partial charge >= 0.3 is 12.1 Å². The number of ether oxygens (including phenoxy) is 1. The minimum atomic E-state index is -4.65. The molecule has 0 saturated heterocycles. The molecule has 0 spiro atoms. The van der Waals surface area contributed by atoms with Crippen LogP contribution in [0.2, 0.25) is 0 Å². The van der Waals surface area contributed by atoms with E-state index in [2.05, 4.69) is 0 Å². The molecule has 0 fully saturated rings. The minimum Gasteiger partial charge on any atom is -0.481 e. The summed E-state index contributed by atoms with van der Waals surface area (Å²) in [6.45, 7) is 0.389. The van der Waals surface area contributed by atoms with Crippen LogP contribution in [-0.2, 0) is 19.6 Å². The first kappa shape index (κ1) is 20.1. The molecule has 0 bridgehead atoms. The highest BCUT2D eigenvalue weighted by Gasteiger charge is 2.35. The average Bonchev–Trinajstić information content (AvgIpc) is 2.30. The first-order valence-corrected chi connectivity index (χ1v) is 8.03. The molecule has 0 aliphatic rings. The van der Waals surface area contributed by atoms with E-state index in [1.54, 1.807) is 6.92 Å². The average molecular weight is 335 g/mol. The van der Waals surface area contributed by atoms with E-state index in [0.29, 0.717) is 10.9 Å². The van der Waals surface area contributed by atoms with Gasteiger partial charge < -0.3 is 9.84 Å². The molecular formula is C11H20F3NO5S. The first-order chi connectivity index (χ1) is 9.58. The predicted octanol–water partition coefficient (Wildman–Crippen LogP) is 1.47. The Morgan fingerprint density at radius 1 is 1.29 bits per heavy atom. The van der Waals surface area contributed by atoms with Crippen molar-refractivity contribution in [3.05, 3.63) is 0 Å². The molecule has 0 radical (unpaired) electrons. The Hall–Kier alpha value is -0.870. The number of hydrogen-bond acceptors (Lipinski definition) is 4. The molecule has 0 amide bonds. The number of halogens is 3. The summed E-state index contributed by atoms with van der Waals surface area (Å²) in [5.74, 6) is -1.81. The molecule has 10 heteroatoms. The smallest absolute Gasteiger partial charge is 0.402 e. The normalized spacial score (nSPS) is 12.8. The van der Waals surface area contributed by atoms with Crippen LogP contribution in [0.5, 0.6) is 0 Å². The van der Waals surface area contributed by atoms with Crippen LogP contribution >= 0.6 is 0 Å². The summed E-state index contributed by atoms with van der Waals surface area (Å²) >= 11 is 0. The van der Waals surface area contributed by atoms with Crippen molar-refractivity contribution in [1.29, 1.82) is 0 Å². The summed E-state index contributed by atoms with van der Waals surface area (Å²) in [6.07, 6.45) is -5.14. The number of hydrogen-bond donors (Lipinski definition) is 1. The number of carbonyl (C=O) groups is 1. The molecule has 6 nitrogen and oxygen atoms in total. The highest BCUT2D eigenvalue weighted by molar-refractivity contribution is 7.89. The Labute approximate surface area is 121 Å². The molecule has 1 N–H and O–H groups in total. The lowest BCUT2D eigenvalue weighted by Gasteiger charge is -2.23. The van der Waals surface area contributed by atoms with Gasteiger partial charge in [-0.1, -0.05) is 0 Å².